The third-order valence-electron chi connectivity index (χ3n) is 6.35. The molecule has 0 bridgehead atoms. The summed E-state index contributed by atoms with van der Waals surface area (Å²) in [4.78, 5) is 30.2. The van der Waals surface area contributed by atoms with E-state index in [4.69, 9.17) is 4.74 Å². The van der Waals surface area contributed by atoms with Crippen LogP contribution in [0.3, 0.4) is 0 Å². The highest BCUT2D eigenvalue weighted by Gasteiger charge is 2.46. The molecule has 3 aromatic rings. The summed E-state index contributed by atoms with van der Waals surface area (Å²) in [5, 5.41) is 11.4. The zero-order valence-electron chi connectivity index (χ0n) is 21.2. The van der Waals surface area contributed by atoms with E-state index in [0.717, 1.165) is 17.7 Å². The van der Waals surface area contributed by atoms with Gasteiger partial charge in [0.05, 0.1) is 11.6 Å². The molecule has 0 aliphatic carbocycles. The molecular formula is C30H32N2O4. The quantitative estimate of drug-likeness (QED) is 0.261. The van der Waals surface area contributed by atoms with Gasteiger partial charge in [-0.25, -0.2) is 0 Å². The van der Waals surface area contributed by atoms with Gasteiger partial charge in [0.1, 0.15) is 17.3 Å². The Labute approximate surface area is 212 Å². The number of rotatable bonds is 8. The van der Waals surface area contributed by atoms with Crippen molar-refractivity contribution in [2.24, 2.45) is 0 Å². The molecule has 6 nitrogen and oxygen atoms in total. The van der Waals surface area contributed by atoms with E-state index in [9.17, 15) is 14.7 Å². The molecule has 0 spiro atoms. The molecular weight excluding hydrogens is 452 g/mol. The molecule has 0 aromatic heterocycles. The van der Waals surface area contributed by atoms with E-state index in [1.807, 2.05) is 106 Å². The second-order valence-electron chi connectivity index (χ2n) is 9.46. The maximum absolute atomic E-state index is 13.3. The Balaban J connectivity index is 1.80. The van der Waals surface area contributed by atoms with Crippen LogP contribution in [0.4, 0.5) is 0 Å². The average Bonchev–Trinajstić information content (AvgIpc) is 3.11. The van der Waals surface area contributed by atoms with Gasteiger partial charge in [-0.3, -0.25) is 9.59 Å². The third-order valence-corrected chi connectivity index (χ3v) is 6.35. The average molecular weight is 485 g/mol. The number of aliphatic hydroxyl groups is 1. The van der Waals surface area contributed by atoms with E-state index in [-0.39, 0.29) is 11.3 Å². The van der Waals surface area contributed by atoms with E-state index in [2.05, 4.69) is 0 Å². The lowest BCUT2D eigenvalue weighted by molar-refractivity contribution is -0.139. The second kappa shape index (κ2) is 10.8. The molecule has 186 valence electrons. The zero-order valence-corrected chi connectivity index (χ0v) is 21.2. The van der Waals surface area contributed by atoms with Gasteiger partial charge in [-0.1, -0.05) is 48.0 Å². The van der Waals surface area contributed by atoms with E-state index in [1.54, 1.807) is 4.90 Å². The molecule has 1 aliphatic heterocycles. The van der Waals surface area contributed by atoms with E-state index < -0.39 is 17.7 Å². The molecule has 1 unspecified atom stereocenters. The Morgan fingerprint density at radius 3 is 2.39 bits per heavy atom. The second-order valence-corrected chi connectivity index (χ2v) is 9.46. The smallest absolute Gasteiger partial charge is 0.295 e. The van der Waals surface area contributed by atoms with Crippen molar-refractivity contribution in [1.29, 1.82) is 0 Å². The minimum atomic E-state index is -0.716. The number of benzene rings is 3. The van der Waals surface area contributed by atoms with Crippen molar-refractivity contribution < 1.29 is 19.4 Å². The summed E-state index contributed by atoms with van der Waals surface area (Å²) in [7, 11) is 3.94. The Morgan fingerprint density at radius 1 is 0.944 bits per heavy atom. The van der Waals surface area contributed by atoms with Gasteiger partial charge in [0, 0.05) is 12.1 Å². The van der Waals surface area contributed by atoms with Crippen LogP contribution in [0.15, 0.2) is 78.4 Å². The Kier molecular flexibility index (Phi) is 7.55. The molecule has 4 rings (SSSR count). The Hall–Kier alpha value is -3.90. The number of amides is 1. The topological polar surface area (TPSA) is 70.1 Å². The number of hydrogen-bond acceptors (Lipinski definition) is 5. The number of carbonyl (C=O) groups is 2. The van der Waals surface area contributed by atoms with Crippen LogP contribution >= 0.6 is 0 Å². The first kappa shape index (κ1) is 25.2. The van der Waals surface area contributed by atoms with E-state index >= 15 is 0 Å². The van der Waals surface area contributed by atoms with Crippen molar-refractivity contribution in [3.63, 3.8) is 0 Å². The largest absolute Gasteiger partial charge is 0.507 e. The van der Waals surface area contributed by atoms with Crippen LogP contribution < -0.4 is 4.74 Å². The van der Waals surface area contributed by atoms with Gasteiger partial charge in [0.2, 0.25) is 0 Å². The first-order valence-corrected chi connectivity index (χ1v) is 12.1. The van der Waals surface area contributed by atoms with Gasteiger partial charge in [-0.05, 0) is 82.4 Å². The van der Waals surface area contributed by atoms with Crippen molar-refractivity contribution in [3.8, 4) is 11.5 Å². The van der Waals surface area contributed by atoms with Gasteiger partial charge >= 0.3 is 0 Å². The predicted octanol–water partition coefficient (Wildman–Crippen LogP) is 5.47. The molecule has 1 aliphatic rings. The van der Waals surface area contributed by atoms with Crippen molar-refractivity contribution in [2.75, 3.05) is 27.2 Å². The van der Waals surface area contributed by atoms with Crippen LogP contribution in [0.5, 0.6) is 11.5 Å². The van der Waals surface area contributed by atoms with Crippen LogP contribution in [-0.4, -0.2) is 53.8 Å². The van der Waals surface area contributed by atoms with Gasteiger partial charge < -0.3 is 19.6 Å². The van der Waals surface area contributed by atoms with Crippen LogP contribution in [0, 0.1) is 13.8 Å². The van der Waals surface area contributed by atoms with E-state index in [0.29, 0.717) is 35.6 Å². The maximum Gasteiger partial charge on any atom is 0.295 e. The lowest BCUT2D eigenvalue weighted by Crippen LogP contribution is -2.32. The number of ether oxygens (including phenoxy) is 1. The van der Waals surface area contributed by atoms with Crippen LogP contribution in [0.2, 0.25) is 0 Å². The first-order chi connectivity index (χ1) is 17.3. The Morgan fingerprint density at radius 2 is 1.67 bits per heavy atom. The summed E-state index contributed by atoms with van der Waals surface area (Å²) in [5.74, 6) is -0.143. The van der Waals surface area contributed by atoms with Crippen molar-refractivity contribution >= 4 is 17.4 Å². The minimum Gasteiger partial charge on any atom is -0.507 e. The molecule has 1 atom stereocenters. The lowest BCUT2D eigenvalue weighted by Gasteiger charge is -2.26. The van der Waals surface area contributed by atoms with Gasteiger partial charge in [0.15, 0.2) is 0 Å². The minimum absolute atomic E-state index is 0.107. The number of aryl methyl sites for hydroxylation is 2. The molecule has 0 saturated carbocycles. The molecule has 1 N–H and O–H groups in total. The molecule has 6 heteroatoms. The van der Waals surface area contributed by atoms with Crippen molar-refractivity contribution in [2.45, 2.75) is 26.3 Å². The summed E-state index contributed by atoms with van der Waals surface area (Å²) in [6.45, 7) is 4.97. The number of Topliss-reactive ketones (excluding diaryl/α,β-unsaturated/α-hetero) is 1. The van der Waals surface area contributed by atoms with Crippen LogP contribution in [0.1, 0.15) is 34.7 Å². The number of ketones is 1. The monoisotopic (exact) mass is 484 g/mol. The van der Waals surface area contributed by atoms with Crippen LogP contribution in [-0.2, 0) is 9.59 Å². The molecule has 3 aromatic carbocycles. The van der Waals surface area contributed by atoms with Gasteiger partial charge in [0.25, 0.3) is 11.7 Å². The zero-order chi connectivity index (χ0) is 25.8. The Bertz CT molecular complexity index is 1300. The SMILES string of the molecule is Cc1ccc(C)c(C(O)=C2C(=O)C(=O)N(CCCN(C)C)C2c2cccc(Oc3ccccc3)c2)c1. The predicted molar refractivity (Wildman–Crippen MR) is 141 cm³/mol. The highest BCUT2D eigenvalue weighted by Crippen LogP contribution is 2.41. The number of likely N-dealkylation sites (tertiary alicyclic amines) is 1. The molecule has 36 heavy (non-hydrogen) atoms. The number of aliphatic hydroxyl groups excluding tert-OH is 1. The summed E-state index contributed by atoms with van der Waals surface area (Å²) in [6, 6.07) is 21.8. The summed E-state index contributed by atoms with van der Waals surface area (Å²) in [6.07, 6.45) is 0.695. The number of carbonyl (C=O) groups excluding carboxylic acids is 2. The number of hydrogen-bond donors (Lipinski definition) is 1. The summed E-state index contributed by atoms with van der Waals surface area (Å²) >= 11 is 0. The van der Waals surface area contributed by atoms with Crippen LogP contribution in [0.25, 0.3) is 5.76 Å². The van der Waals surface area contributed by atoms with Crippen molar-refractivity contribution in [3.05, 3.63) is 101 Å². The van der Waals surface area contributed by atoms with Gasteiger partial charge in [-0.2, -0.15) is 0 Å². The van der Waals surface area contributed by atoms with Crippen molar-refractivity contribution in [1.82, 2.24) is 9.80 Å². The fourth-order valence-corrected chi connectivity index (χ4v) is 4.52. The molecule has 0 radical (unpaired) electrons. The standard InChI is InChI=1S/C30H32N2O4/c1-20-14-15-21(2)25(18-20)28(33)26-27(32(30(35)29(26)34)17-9-16-31(3)4)22-10-8-13-24(19-22)36-23-11-6-5-7-12-23/h5-8,10-15,18-19,27,33H,9,16-17H2,1-4H3. The van der Waals surface area contributed by atoms with Gasteiger partial charge in [-0.15, -0.1) is 0 Å². The maximum atomic E-state index is 13.3. The molecule has 1 saturated heterocycles. The highest BCUT2D eigenvalue weighted by atomic mass is 16.5. The highest BCUT2D eigenvalue weighted by molar-refractivity contribution is 6.46. The summed E-state index contributed by atoms with van der Waals surface area (Å²) in [5.41, 5.74) is 3.16. The first-order valence-electron chi connectivity index (χ1n) is 12.1. The lowest BCUT2D eigenvalue weighted by atomic mass is 9.93. The number of nitrogens with zero attached hydrogens (tertiary/aromatic N) is 2. The van der Waals surface area contributed by atoms with E-state index in [1.165, 1.54) is 0 Å². The normalized spacial score (nSPS) is 17.1. The number of para-hydroxylation sites is 1. The third kappa shape index (κ3) is 5.34. The fraction of sp³-hybridized carbons (Fsp3) is 0.267. The fourth-order valence-electron chi connectivity index (χ4n) is 4.52. The molecule has 1 heterocycles. The summed E-state index contributed by atoms with van der Waals surface area (Å²) < 4.78 is 6.02. The molecule has 1 fully saturated rings. The molecule has 1 amide bonds.